The molecule has 0 saturated heterocycles. The van der Waals surface area contributed by atoms with E-state index in [0.29, 0.717) is 6.54 Å². The zero-order valence-electron chi connectivity index (χ0n) is 11.7. The molecule has 3 heteroatoms. The smallest absolute Gasteiger partial charge is 0.239 e. The molecule has 20 heavy (non-hydrogen) atoms. The van der Waals surface area contributed by atoms with E-state index < -0.39 is 6.04 Å². The van der Waals surface area contributed by atoms with Crippen molar-refractivity contribution < 1.29 is 4.79 Å². The lowest BCUT2D eigenvalue weighted by molar-refractivity contribution is -0.120. The highest BCUT2D eigenvalue weighted by Gasteiger charge is 2.16. The van der Waals surface area contributed by atoms with E-state index >= 15 is 0 Å². The second-order valence-corrected chi connectivity index (χ2v) is 4.80. The maximum atomic E-state index is 11.6. The van der Waals surface area contributed by atoms with Gasteiger partial charge in [0.1, 0.15) is 6.04 Å². The Morgan fingerprint density at radius 1 is 1.05 bits per heavy atom. The maximum Gasteiger partial charge on any atom is 0.239 e. The van der Waals surface area contributed by atoms with Gasteiger partial charge in [-0.25, -0.2) is 0 Å². The van der Waals surface area contributed by atoms with E-state index in [-0.39, 0.29) is 5.91 Å². The van der Waals surface area contributed by atoms with Gasteiger partial charge >= 0.3 is 0 Å². The van der Waals surface area contributed by atoms with Crippen LogP contribution in [0, 0.1) is 0 Å². The molecule has 2 aromatic carbocycles. The third-order valence-electron chi connectivity index (χ3n) is 3.36. The third kappa shape index (κ3) is 3.68. The lowest BCUT2D eigenvalue weighted by Gasteiger charge is -2.16. The van der Waals surface area contributed by atoms with Crippen LogP contribution in [0.2, 0.25) is 0 Å². The molecule has 3 N–H and O–H groups in total. The molecule has 0 heterocycles. The summed E-state index contributed by atoms with van der Waals surface area (Å²) in [5.41, 5.74) is 8.79. The van der Waals surface area contributed by atoms with Crippen LogP contribution in [0.1, 0.15) is 29.7 Å². The number of rotatable bonds is 6. The number of nitrogens with one attached hydrogen (secondary N) is 1. The van der Waals surface area contributed by atoms with Crippen molar-refractivity contribution in [2.45, 2.75) is 25.9 Å². The normalized spacial score (nSPS) is 12.1. The van der Waals surface area contributed by atoms with E-state index in [0.717, 1.165) is 17.5 Å². The number of nitrogens with two attached hydrogens (primary N) is 1. The van der Waals surface area contributed by atoms with Crippen LogP contribution in [0.15, 0.2) is 54.6 Å². The van der Waals surface area contributed by atoms with Gasteiger partial charge in [-0.3, -0.25) is 10.1 Å². The SMILES string of the molecule is CCc1ccc(C(NCc2ccccc2)C(N)=O)cc1. The molecule has 1 atom stereocenters. The first-order valence-corrected chi connectivity index (χ1v) is 6.86. The van der Waals surface area contributed by atoms with Gasteiger partial charge in [0, 0.05) is 6.54 Å². The molecule has 0 fully saturated rings. The second-order valence-electron chi connectivity index (χ2n) is 4.80. The minimum Gasteiger partial charge on any atom is -0.368 e. The van der Waals surface area contributed by atoms with Crippen LogP contribution in [0.3, 0.4) is 0 Å². The van der Waals surface area contributed by atoms with Gasteiger partial charge < -0.3 is 5.73 Å². The van der Waals surface area contributed by atoms with Crippen LogP contribution in [0.4, 0.5) is 0 Å². The van der Waals surface area contributed by atoms with E-state index in [1.54, 1.807) is 0 Å². The fourth-order valence-electron chi connectivity index (χ4n) is 2.14. The maximum absolute atomic E-state index is 11.6. The molecular formula is C17H20N2O. The summed E-state index contributed by atoms with van der Waals surface area (Å²) in [7, 11) is 0. The van der Waals surface area contributed by atoms with Crippen molar-refractivity contribution in [2.75, 3.05) is 0 Å². The molecule has 0 aliphatic carbocycles. The summed E-state index contributed by atoms with van der Waals surface area (Å²) in [5, 5.41) is 3.21. The fourth-order valence-corrected chi connectivity index (χ4v) is 2.14. The van der Waals surface area contributed by atoms with Gasteiger partial charge in [0.15, 0.2) is 0 Å². The first kappa shape index (κ1) is 14.3. The van der Waals surface area contributed by atoms with Crippen molar-refractivity contribution in [3.8, 4) is 0 Å². The second kappa shape index (κ2) is 6.87. The van der Waals surface area contributed by atoms with Gasteiger partial charge in [0.25, 0.3) is 0 Å². The number of primary amides is 1. The summed E-state index contributed by atoms with van der Waals surface area (Å²) in [6, 6.07) is 17.5. The van der Waals surface area contributed by atoms with Crippen molar-refractivity contribution in [2.24, 2.45) is 5.73 Å². The van der Waals surface area contributed by atoms with Crippen molar-refractivity contribution in [1.82, 2.24) is 5.32 Å². The molecule has 0 spiro atoms. The molecule has 0 aliphatic heterocycles. The van der Waals surface area contributed by atoms with E-state index in [9.17, 15) is 4.79 Å². The molecule has 1 unspecified atom stereocenters. The molecule has 0 aromatic heterocycles. The van der Waals surface area contributed by atoms with Crippen LogP contribution >= 0.6 is 0 Å². The van der Waals surface area contributed by atoms with Crippen molar-refractivity contribution >= 4 is 5.91 Å². The monoisotopic (exact) mass is 268 g/mol. The Kier molecular flexibility index (Phi) is 4.91. The summed E-state index contributed by atoms with van der Waals surface area (Å²) in [6.45, 7) is 2.72. The van der Waals surface area contributed by atoms with Gasteiger partial charge in [-0.15, -0.1) is 0 Å². The Hall–Kier alpha value is -2.13. The highest BCUT2D eigenvalue weighted by molar-refractivity contribution is 5.81. The Labute approximate surface area is 119 Å². The van der Waals surface area contributed by atoms with Gasteiger partial charge in [-0.05, 0) is 23.1 Å². The highest BCUT2D eigenvalue weighted by atomic mass is 16.1. The van der Waals surface area contributed by atoms with Crippen LogP contribution in [0.25, 0.3) is 0 Å². The number of carbonyl (C=O) groups excluding carboxylic acids is 1. The summed E-state index contributed by atoms with van der Waals surface area (Å²) < 4.78 is 0. The summed E-state index contributed by atoms with van der Waals surface area (Å²) >= 11 is 0. The average Bonchev–Trinajstić information content (AvgIpc) is 2.49. The minimum absolute atomic E-state index is 0.356. The first-order chi connectivity index (χ1) is 9.70. The lowest BCUT2D eigenvalue weighted by atomic mass is 10.0. The Bertz CT molecular complexity index is 549. The summed E-state index contributed by atoms with van der Waals surface area (Å²) in [5.74, 6) is -0.356. The molecule has 0 aliphatic rings. The lowest BCUT2D eigenvalue weighted by Crippen LogP contribution is -2.33. The Balaban J connectivity index is 2.08. The van der Waals surface area contributed by atoms with Crippen molar-refractivity contribution in [3.63, 3.8) is 0 Å². The minimum atomic E-state index is -0.457. The van der Waals surface area contributed by atoms with Crippen LogP contribution < -0.4 is 11.1 Å². The number of benzene rings is 2. The molecule has 0 bridgehead atoms. The van der Waals surface area contributed by atoms with E-state index in [4.69, 9.17) is 5.73 Å². The fraction of sp³-hybridized carbons (Fsp3) is 0.235. The van der Waals surface area contributed by atoms with Gasteiger partial charge in [0.2, 0.25) is 5.91 Å². The highest BCUT2D eigenvalue weighted by Crippen LogP contribution is 2.15. The van der Waals surface area contributed by atoms with Crippen LogP contribution in [-0.4, -0.2) is 5.91 Å². The van der Waals surface area contributed by atoms with E-state index in [1.807, 2.05) is 54.6 Å². The predicted molar refractivity (Wildman–Crippen MR) is 81.0 cm³/mol. The number of aryl methyl sites for hydroxylation is 1. The molecule has 104 valence electrons. The van der Waals surface area contributed by atoms with Crippen molar-refractivity contribution in [3.05, 3.63) is 71.3 Å². The predicted octanol–water partition coefficient (Wildman–Crippen LogP) is 2.57. The molecule has 3 nitrogen and oxygen atoms in total. The standard InChI is InChI=1S/C17H20N2O/c1-2-13-8-10-15(11-9-13)16(17(18)20)19-12-14-6-4-3-5-7-14/h3-11,16,19H,2,12H2,1H3,(H2,18,20). The average molecular weight is 268 g/mol. The zero-order chi connectivity index (χ0) is 14.4. The first-order valence-electron chi connectivity index (χ1n) is 6.86. The summed E-state index contributed by atoms with van der Waals surface area (Å²) in [6.07, 6.45) is 0.985. The van der Waals surface area contributed by atoms with Gasteiger partial charge in [0.05, 0.1) is 0 Å². The van der Waals surface area contributed by atoms with Crippen LogP contribution in [0.5, 0.6) is 0 Å². The molecule has 0 radical (unpaired) electrons. The Morgan fingerprint density at radius 3 is 2.25 bits per heavy atom. The molecule has 2 rings (SSSR count). The largest absolute Gasteiger partial charge is 0.368 e. The van der Waals surface area contributed by atoms with E-state index in [1.165, 1.54) is 5.56 Å². The number of hydrogen-bond acceptors (Lipinski definition) is 2. The zero-order valence-corrected chi connectivity index (χ0v) is 11.7. The van der Waals surface area contributed by atoms with Crippen LogP contribution in [-0.2, 0) is 17.8 Å². The topological polar surface area (TPSA) is 55.1 Å². The quantitative estimate of drug-likeness (QED) is 0.846. The number of hydrogen-bond donors (Lipinski definition) is 2. The van der Waals surface area contributed by atoms with Gasteiger partial charge in [-0.2, -0.15) is 0 Å². The Morgan fingerprint density at radius 2 is 1.70 bits per heavy atom. The number of amides is 1. The molecular weight excluding hydrogens is 248 g/mol. The number of carbonyl (C=O) groups is 1. The molecule has 0 saturated carbocycles. The summed E-state index contributed by atoms with van der Waals surface area (Å²) in [4.78, 5) is 11.6. The molecule has 2 aromatic rings. The van der Waals surface area contributed by atoms with Gasteiger partial charge in [-0.1, -0.05) is 61.5 Å². The van der Waals surface area contributed by atoms with Crippen molar-refractivity contribution in [1.29, 1.82) is 0 Å². The van der Waals surface area contributed by atoms with E-state index in [2.05, 4.69) is 12.2 Å². The third-order valence-corrected chi connectivity index (χ3v) is 3.36. The molecule has 1 amide bonds.